The van der Waals surface area contributed by atoms with Crippen molar-refractivity contribution in [3.8, 4) is 0 Å². The number of carboxylic acids is 1. The van der Waals surface area contributed by atoms with E-state index in [0.717, 1.165) is 48.2 Å². The summed E-state index contributed by atoms with van der Waals surface area (Å²) in [6, 6.07) is 18.4. The van der Waals surface area contributed by atoms with Crippen LogP contribution < -0.4 is 5.32 Å². The lowest BCUT2D eigenvalue weighted by Gasteiger charge is -2.30. The highest BCUT2D eigenvalue weighted by atomic mass is 16.4. The lowest BCUT2D eigenvalue weighted by atomic mass is 9.81. The molecule has 1 unspecified atom stereocenters. The number of hydrogen-bond acceptors (Lipinski definition) is 3. The average Bonchev–Trinajstić information content (AvgIpc) is 3.20. The zero-order valence-electron chi connectivity index (χ0n) is 20.7. The number of amides is 1. The lowest BCUT2D eigenvalue weighted by Crippen LogP contribution is -2.38. The second-order valence-corrected chi connectivity index (χ2v) is 9.45. The fourth-order valence-electron chi connectivity index (χ4n) is 5.31. The quantitative estimate of drug-likeness (QED) is 0.451. The molecule has 35 heavy (non-hydrogen) atoms. The van der Waals surface area contributed by atoms with Crippen molar-refractivity contribution in [1.29, 1.82) is 0 Å². The Bertz CT molecular complexity index is 1150. The van der Waals surface area contributed by atoms with E-state index in [4.69, 9.17) is 0 Å². The molecular formula is C29H35N3O3. The number of benzene rings is 2. The van der Waals surface area contributed by atoms with E-state index in [-0.39, 0.29) is 18.4 Å². The van der Waals surface area contributed by atoms with Gasteiger partial charge in [0.25, 0.3) is 5.91 Å². The van der Waals surface area contributed by atoms with Crippen LogP contribution in [-0.4, -0.2) is 32.8 Å². The Morgan fingerprint density at radius 2 is 1.77 bits per heavy atom. The van der Waals surface area contributed by atoms with Crippen LogP contribution in [-0.2, 0) is 30.6 Å². The minimum absolute atomic E-state index is 0.00223. The normalized spacial score (nSPS) is 17.8. The monoisotopic (exact) mass is 473 g/mol. The Kier molecular flexibility index (Phi) is 8.01. The molecule has 0 spiro atoms. The third-order valence-corrected chi connectivity index (χ3v) is 7.08. The molecule has 184 valence electrons. The molecule has 0 bridgehead atoms. The average molecular weight is 474 g/mol. The molecule has 1 fully saturated rings. The predicted molar refractivity (Wildman–Crippen MR) is 137 cm³/mol. The number of nitrogens with one attached hydrogen (secondary N) is 1. The van der Waals surface area contributed by atoms with Crippen LogP contribution in [0.1, 0.15) is 83.9 Å². The number of rotatable bonds is 9. The first-order valence-electron chi connectivity index (χ1n) is 12.7. The Morgan fingerprint density at radius 3 is 2.43 bits per heavy atom. The molecule has 6 nitrogen and oxygen atoms in total. The Hall–Kier alpha value is -3.41. The molecule has 1 aromatic heterocycles. The SMILES string of the molecule is CCc1nn(Cc2ccc(C(=O)NC3CCC[C@H](c4ccccc4)C3)cc2)c(CC)c1CC(=O)O. The van der Waals surface area contributed by atoms with E-state index in [1.807, 2.05) is 48.9 Å². The third-order valence-electron chi connectivity index (χ3n) is 7.08. The molecule has 1 saturated carbocycles. The van der Waals surface area contributed by atoms with Crippen molar-refractivity contribution in [3.63, 3.8) is 0 Å². The summed E-state index contributed by atoms with van der Waals surface area (Å²) in [5, 5.41) is 17.2. The van der Waals surface area contributed by atoms with E-state index in [1.165, 1.54) is 12.0 Å². The highest BCUT2D eigenvalue weighted by Gasteiger charge is 2.25. The first-order chi connectivity index (χ1) is 17.0. The molecule has 4 rings (SSSR count). The van der Waals surface area contributed by atoms with E-state index in [2.05, 4.69) is 34.7 Å². The zero-order valence-corrected chi connectivity index (χ0v) is 20.7. The van der Waals surface area contributed by atoms with Crippen LogP contribution in [0.4, 0.5) is 0 Å². The molecule has 6 heteroatoms. The first kappa shape index (κ1) is 24.7. The second-order valence-electron chi connectivity index (χ2n) is 9.45. The number of carboxylic acid groups (broad SMARTS) is 1. The summed E-state index contributed by atoms with van der Waals surface area (Å²) in [4.78, 5) is 24.3. The maximum atomic E-state index is 12.9. The van der Waals surface area contributed by atoms with Crippen molar-refractivity contribution in [2.75, 3.05) is 0 Å². The lowest BCUT2D eigenvalue weighted by molar-refractivity contribution is -0.136. The fourth-order valence-corrected chi connectivity index (χ4v) is 5.31. The smallest absolute Gasteiger partial charge is 0.307 e. The Balaban J connectivity index is 1.40. The summed E-state index contributed by atoms with van der Waals surface area (Å²) in [6.45, 7) is 4.58. The van der Waals surface area contributed by atoms with E-state index in [9.17, 15) is 14.7 Å². The summed E-state index contributed by atoms with van der Waals surface area (Å²) in [5.74, 6) is -0.364. The van der Waals surface area contributed by atoms with Crippen LogP contribution in [0.15, 0.2) is 54.6 Å². The summed E-state index contributed by atoms with van der Waals surface area (Å²) < 4.78 is 1.91. The molecule has 1 amide bonds. The first-order valence-corrected chi connectivity index (χ1v) is 12.7. The largest absolute Gasteiger partial charge is 0.481 e. The van der Waals surface area contributed by atoms with Crippen molar-refractivity contribution in [3.05, 3.63) is 88.2 Å². The topological polar surface area (TPSA) is 84.2 Å². The number of aromatic nitrogens is 2. The number of nitrogens with zero attached hydrogens (tertiary/aromatic N) is 2. The van der Waals surface area contributed by atoms with E-state index >= 15 is 0 Å². The summed E-state index contributed by atoms with van der Waals surface area (Å²) in [6.07, 6.45) is 5.71. The highest BCUT2D eigenvalue weighted by Crippen LogP contribution is 2.32. The highest BCUT2D eigenvalue weighted by molar-refractivity contribution is 5.94. The van der Waals surface area contributed by atoms with Gasteiger partial charge in [-0.3, -0.25) is 14.3 Å². The van der Waals surface area contributed by atoms with Gasteiger partial charge in [-0.25, -0.2) is 0 Å². The Labute approximate surface area is 207 Å². The number of carbonyl (C=O) groups excluding carboxylic acids is 1. The van der Waals surface area contributed by atoms with Gasteiger partial charge in [-0.05, 0) is 61.3 Å². The standard InChI is InChI=1S/C29H35N3O3/c1-3-26-25(18-28(33)34)27(4-2)32(31-26)19-20-13-15-22(16-14-20)29(35)30-24-12-8-11-23(17-24)21-9-6-5-7-10-21/h5-7,9-10,13-16,23-24H,3-4,8,11-12,17-19H2,1-2H3,(H,30,35)(H,33,34)/t23-,24?/m0/s1. The van der Waals surface area contributed by atoms with Crippen molar-refractivity contribution in [1.82, 2.24) is 15.1 Å². The predicted octanol–water partition coefficient (Wildman–Crippen LogP) is 5.14. The molecule has 2 N–H and O–H groups in total. The molecule has 0 saturated heterocycles. The summed E-state index contributed by atoms with van der Waals surface area (Å²) in [5.41, 5.74) is 5.70. The summed E-state index contributed by atoms with van der Waals surface area (Å²) in [7, 11) is 0. The Morgan fingerprint density at radius 1 is 1.03 bits per heavy atom. The molecule has 3 aromatic rings. The van der Waals surface area contributed by atoms with Gasteiger partial charge in [-0.2, -0.15) is 5.10 Å². The van der Waals surface area contributed by atoms with Crippen LogP contribution in [0, 0.1) is 0 Å². The number of aliphatic carboxylic acids is 1. The summed E-state index contributed by atoms with van der Waals surface area (Å²) >= 11 is 0. The number of aryl methyl sites for hydroxylation is 1. The van der Waals surface area contributed by atoms with Gasteiger partial charge in [-0.15, -0.1) is 0 Å². The van der Waals surface area contributed by atoms with Gasteiger partial charge in [0.05, 0.1) is 18.7 Å². The molecule has 0 radical (unpaired) electrons. The third kappa shape index (κ3) is 5.99. The van der Waals surface area contributed by atoms with Crippen LogP contribution in [0.5, 0.6) is 0 Å². The molecule has 1 aliphatic rings. The van der Waals surface area contributed by atoms with Crippen LogP contribution in [0.25, 0.3) is 0 Å². The fraction of sp³-hybridized carbons (Fsp3) is 0.414. The van der Waals surface area contributed by atoms with Gasteiger partial charge >= 0.3 is 5.97 Å². The minimum atomic E-state index is -0.836. The number of carbonyl (C=O) groups is 2. The van der Waals surface area contributed by atoms with Crippen LogP contribution in [0.2, 0.25) is 0 Å². The van der Waals surface area contributed by atoms with Crippen LogP contribution in [0.3, 0.4) is 0 Å². The molecule has 2 aromatic carbocycles. The van der Waals surface area contributed by atoms with Gasteiger partial charge in [0.1, 0.15) is 0 Å². The van der Waals surface area contributed by atoms with E-state index < -0.39 is 5.97 Å². The van der Waals surface area contributed by atoms with Gasteiger partial charge in [-0.1, -0.05) is 62.7 Å². The van der Waals surface area contributed by atoms with E-state index in [1.54, 1.807) is 0 Å². The zero-order chi connectivity index (χ0) is 24.8. The molecule has 0 aliphatic heterocycles. The maximum Gasteiger partial charge on any atom is 0.307 e. The van der Waals surface area contributed by atoms with Crippen LogP contribution >= 0.6 is 0 Å². The van der Waals surface area contributed by atoms with Crippen molar-refractivity contribution in [2.24, 2.45) is 0 Å². The van der Waals surface area contributed by atoms with Gasteiger partial charge in [0, 0.05) is 22.9 Å². The van der Waals surface area contributed by atoms with E-state index in [0.29, 0.717) is 24.4 Å². The second kappa shape index (κ2) is 11.3. The maximum absolute atomic E-state index is 12.9. The van der Waals surface area contributed by atoms with Gasteiger partial charge in [0.2, 0.25) is 0 Å². The van der Waals surface area contributed by atoms with Crippen molar-refractivity contribution >= 4 is 11.9 Å². The minimum Gasteiger partial charge on any atom is -0.481 e. The van der Waals surface area contributed by atoms with Crippen molar-refractivity contribution < 1.29 is 14.7 Å². The number of hydrogen-bond donors (Lipinski definition) is 2. The van der Waals surface area contributed by atoms with Gasteiger partial charge < -0.3 is 10.4 Å². The molecule has 2 atom stereocenters. The molecule has 1 heterocycles. The molecule has 1 aliphatic carbocycles. The van der Waals surface area contributed by atoms with Crippen molar-refractivity contribution in [2.45, 2.75) is 77.3 Å². The molecular weight excluding hydrogens is 438 g/mol. The van der Waals surface area contributed by atoms with Gasteiger partial charge in [0.15, 0.2) is 0 Å².